The zero-order chi connectivity index (χ0) is 45.7. The predicted octanol–water partition coefficient (Wildman–Crippen LogP) is 10.2. The molecule has 0 bridgehead atoms. The van der Waals surface area contributed by atoms with Crippen LogP contribution in [0.4, 0.5) is 0 Å². The van der Waals surface area contributed by atoms with Crippen LogP contribution >= 0.6 is 0 Å². The van der Waals surface area contributed by atoms with E-state index in [1.807, 2.05) is 13.8 Å². The third-order valence-corrected chi connectivity index (χ3v) is 12.2. The van der Waals surface area contributed by atoms with Crippen LogP contribution in [0, 0.1) is 11.8 Å². The van der Waals surface area contributed by atoms with Crippen molar-refractivity contribution in [3.05, 3.63) is 0 Å². The second-order valence-electron chi connectivity index (χ2n) is 16.3. The van der Waals surface area contributed by atoms with Gasteiger partial charge < -0.3 is 18.9 Å². The summed E-state index contributed by atoms with van der Waals surface area (Å²) in [6, 6.07) is 0. The van der Waals surface area contributed by atoms with E-state index in [2.05, 4.69) is 27.7 Å². The van der Waals surface area contributed by atoms with Gasteiger partial charge in [-0.15, -0.1) is 0 Å². The summed E-state index contributed by atoms with van der Waals surface area (Å²) in [5.74, 6) is -3.64. The molecule has 0 radical (unpaired) electrons. The van der Waals surface area contributed by atoms with Crippen LogP contribution in [0.2, 0.25) is 0 Å². The van der Waals surface area contributed by atoms with Gasteiger partial charge in [-0.05, 0) is 37.5 Å². The lowest BCUT2D eigenvalue weighted by atomic mass is 10.0. The first-order valence-electron chi connectivity index (χ1n) is 23.0. The molecule has 0 saturated carbocycles. The number of hydrogen-bond donors (Lipinski definition) is 2. The number of carbonyl (C=O) groups is 4. The topological polar surface area (TPSA) is 214 Å². The Bertz CT molecular complexity index is 1320. The lowest BCUT2D eigenvalue weighted by molar-refractivity contribution is -0.151. The Morgan fingerprint density at radius 1 is 0.417 bits per heavy atom. The van der Waals surface area contributed by atoms with E-state index in [1.165, 1.54) is 44.9 Å². The maximum atomic E-state index is 12.2. The smallest absolute Gasteiger partial charge is 0.327 e. The highest BCUT2D eigenvalue weighted by atomic mass is 32.2. The van der Waals surface area contributed by atoms with Gasteiger partial charge >= 0.3 is 23.9 Å². The largest absolute Gasteiger partial charge is 0.466 e. The minimum absolute atomic E-state index is 0.0564. The fourth-order valence-electron chi connectivity index (χ4n) is 6.17. The molecule has 0 aromatic heterocycles. The Labute approximate surface area is 364 Å². The Kier molecular flexibility index (Phi) is 38.2. The summed E-state index contributed by atoms with van der Waals surface area (Å²) >= 11 is 0. The molecule has 60 heavy (non-hydrogen) atoms. The van der Waals surface area contributed by atoms with Crippen LogP contribution in [0.1, 0.15) is 208 Å². The van der Waals surface area contributed by atoms with Crippen LogP contribution in [-0.4, -0.2) is 86.7 Å². The number of esters is 4. The quantitative estimate of drug-likeness (QED) is 0.0255. The molecule has 0 aromatic rings. The molecule has 0 amide bonds. The predicted molar refractivity (Wildman–Crippen MR) is 236 cm³/mol. The van der Waals surface area contributed by atoms with Crippen LogP contribution in [-0.2, 0) is 58.4 Å². The molecule has 0 fully saturated rings. The molecule has 4 unspecified atom stereocenters. The average Bonchev–Trinajstić information content (AvgIpc) is 3.18. The van der Waals surface area contributed by atoms with E-state index in [-0.39, 0.29) is 38.3 Å². The van der Waals surface area contributed by atoms with E-state index in [1.54, 1.807) is 0 Å². The van der Waals surface area contributed by atoms with E-state index in [9.17, 15) is 45.1 Å². The van der Waals surface area contributed by atoms with Gasteiger partial charge in [0.15, 0.2) is 10.5 Å². The second-order valence-corrected chi connectivity index (χ2v) is 19.5. The summed E-state index contributed by atoms with van der Waals surface area (Å²) < 4.78 is 85.0. The van der Waals surface area contributed by atoms with Crippen molar-refractivity contribution in [2.75, 3.05) is 26.4 Å². The first-order chi connectivity index (χ1) is 28.4. The molecule has 0 saturated heterocycles. The maximum absolute atomic E-state index is 12.2. The van der Waals surface area contributed by atoms with Crippen LogP contribution in [0.25, 0.3) is 0 Å². The first-order valence-corrected chi connectivity index (χ1v) is 26.0. The molecule has 2 N–H and O–H groups in total. The highest BCUT2D eigenvalue weighted by Crippen LogP contribution is 2.16. The Hall–Kier alpha value is -2.30. The minimum Gasteiger partial charge on any atom is -0.466 e. The summed E-state index contributed by atoms with van der Waals surface area (Å²) in [6.45, 7) is 12.9. The van der Waals surface area contributed by atoms with Crippen molar-refractivity contribution in [2.45, 2.75) is 219 Å². The molecule has 0 aliphatic carbocycles. The van der Waals surface area contributed by atoms with Gasteiger partial charge in [-0.3, -0.25) is 28.3 Å². The standard InChI is InChI=1S/2C22H42O7S/c1-5-7-9-11-13-18(3)16-28-21(23)15-20(30(25,26)27)22(24)29-17-19(4)14-12-10-8-6-2;1-3-5-7-9-11-13-15-17-28-21(23)19-20(30(25,26)27)22(24)29-18-16-14-12-10-8-6-4-2/h18-20H,5-17H2,1-4H3,(H,25,26,27);20H,3-19H2,1-2H3,(H,25,26,27). The average molecular weight is 901 g/mol. The fraction of sp³-hybridized carbons (Fsp3) is 0.909. The summed E-state index contributed by atoms with van der Waals surface area (Å²) in [4.78, 5) is 48.1. The van der Waals surface area contributed by atoms with E-state index in [0.717, 1.165) is 96.3 Å². The van der Waals surface area contributed by atoms with Gasteiger partial charge in [0.1, 0.15) is 0 Å². The van der Waals surface area contributed by atoms with Crippen LogP contribution in [0.5, 0.6) is 0 Å². The lowest BCUT2D eigenvalue weighted by Gasteiger charge is -2.17. The van der Waals surface area contributed by atoms with E-state index >= 15 is 0 Å². The minimum atomic E-state index is -4.77. The van der Waals surface area contributed by atoms with Crippen LogP contribution in [0.3, 0.4) is 0 Å². The summed E-state index contributed by atoms with van der Waals surface area (Å²) in [6.07, 6.45) is 23.9. The number of rotatable bonds is 38. The van der Waals surface area contributed by atoms with Gasteiger partial charge in [-0.1, -0.05) is 170 Å². The fourth-order valence-corrected chi connectivity index (χ4v) is 7.49. The Morgan fingerprint density at radius 3 is 1.10 bits per heavy atom. The molecule has 14 nitrogen and oxygen atoms in total. The molecule has 0 aliphatic rings. The van der Waals surface area contributed by atoms with Gasteiger partial charge in [0.05, 0.1) is 39.3 Å². The molecule has 16 heteroatoms. The van der Waals surface area contributed by atoms with Crippen LogP contribution in [0.15, 0.2) is 0 Å². The van der Waals surface area contributed by atoms with Crippen molar-refractivity contribution in [3.63, 3.8) is 0 Å². The van der Waals surface area contributed by atoms with Crippen molar-refractivity contribution in [2.24, 2.45) is 11.8 Å². The number of carbonyl (C=O) groups excluding carboxylic acids is 4. The molecule has 4 atom stereocenters. The zero-order valence-corrected chi connectivity index (χ0v) is 39.8. The molecule has 356 valence electrons. The van der Waals surface area contributed by atoms with Gasteiger partial charge in [0.25, 0.3) is 20.2 Å². The Morgan fingerprint density at radius 2 is 0.717 bits per heavy atom. The zero-order valence-electron chi connectivity index (χ0n) is 38.1. The monoisotopic (exact) mass is 901 g/mol. The SMILES string of the molecule is CCCCCCC(C)COC(=O)CC(C(=O)OCC(C)CCCCCC)S(=O)(=O)O.CCCCCCCCCOC(=O)CC(C(=O)OCCCCCCCCC)S(=O)(=O)O. The van der Waals surface area contributed by atoms with Crippen molar-refractivity contribution in [1.82, 2.24) is 0 Å². The van der Waals surface area contributed by atoms with Crippen molar-refractivity contribution in [3.8, 4) is 0 Å². The highest BCUT2D eigenvalue weighted by Gasteiger charge is 2.37. The number of hydrogen-bond acceptors (Lipinski definition) is 12. The molecule has 0 aliphatic heterocycles. The summed E-state index contributed by atoms with van der Waals surface area (Å²) in [5, 5.41) is -3.87. The third kappa shape index (κ3) is 36.4. The van der Waals surface area contributed by atoms with Crippen molar-refractivity contribution in [1.29, 1.82) is 0 Å². The van der Waals surface area contributed by atoms with E-state index in [0.29, 0.717) is 12.8 Å². The molecule has 0 spiro atoms. The molecular formula is C44H84O14S2. The second kappa shape index (κ2) is 38.4. The van der Waals surface area contributed by atoms with Gasteiger partial charge in [0, 0.05) is 0 Å². The summed E-state index contributed by atoms with van der Waals surface area (Å²) in [5.41, 5.74) is 0. The number of unbranched alkanes of at least 4 members (excludes halogenated alkanes) is 18. The van der Waals surface area contributed by atoms with E-state index < -0.39 is 67.5 Å². The van der Waals surface area contributed by atoms with Crippen LogP contribution < -0.4 is 0 Å². The Balaban J connectivity index is 0. The third-order valence-electron chi connectivity index (χ3n) is 10.1. The molecule has 0 heterocycles. The number of ether oxygens (including phenoxy) is 4. The van der Waals surface area contributed by atoms with Gasteiger partial charge in [-0.2, -0.15) is 16.8 Å². The normalized spacial score (nSPS) is 13.6. The summed E-state index contributed by atoms with van der Waals surface area (Å²) in [7, 11) is -9.51. The highest BCUT2D eigenvalue weighted by molar-refractivity contribution is 7.87. The van der Waals surface area contributed by atoms with E-state index in [4.69, 9.17) is 18.9 Å². The van der Waals surface area contributed by atoms with Crippen molar-refractivity contribution < 1.29 is 64.1 Å². The molecule has 0 aromatic carbocycles. The maximum Gasteiger partial charge on any atom is 0.327 e. The molecular weight excluding hydrogens is 817 g/mol. The van der Waals surface area contributed by atoms with Gasteiger partial charge in [0.2, 0.25) is 0 Å². The first kappa shape index (κ1) is 59.8. The molecule has 0 rings (SSSR count). The lowest BCUT2D eigenvalue weighted by Crippen LogP contribution is -2.35. The van der Waals surface area contributed by atoms with Crippen molar-refractivity contribution >= 4 is 44.1 Å². The van der Waals surface area contributed by atoms with Gasteiger partial charge in [-0.25, -0.2) is 0 Å².